The standard InChI is InChI=1S/C29H28Cl4N2O2/c30-23-11-6-12-24(31)22(23)17-28(36)35(18-20-13-14-25(32)26(33)15-20)27(16-19-7-2-1-3-8-19)29(37)34-21-9-4-5-10-21/h1-3,6-8,11-15,21,27H,4-5,9-10,16-18H2,(H,34,37). The van der Waals surface area contributed by atoms with Gasteiger partial charge in [0.15, 0.2) is 0 Å². The zero-order valence-corrected chi connectivity index (χ0v) is 23.3. The van der Waals surface area contributed by atoms with Crippen LogP contribution in [0.5, 0.6) is 0 Å². The zero-order chi connectivity index (χ0) is 26.4. The van der Waals surface area contributed by atoms with Crippen LogP contribution in [0.2, 0.25) is 20.1 Å². The summed E-state index contributed by atoms with van der Waals surface area (Å²) < 4.78 is 0. The van der Waals surface area contributed by atoms with Crippen LogP contribution in [-0.2, 0) is 29.0 Å². The van der Waals surface area contributed by atoms with E-state index in [0.717, 1.165) is 36.8 Å². The summed E-state index contributed by atoms with van der Waals surface area (Å²) in [6, 6.07) is 19.4. The van der Waals surface area contributed by atoms with E-state index in [9.17, 15) is 9.59 Å². The van der Waals surface area contributed by atoms with E-state index in [0.29, 0.717) is 32.1 Å². The summed E-state index contributed by atoms with van der Waals surface area (Å²) in [6.07, 6.45) is 4.39. The van der Waals surface area contributed by atoms with Crippen LogP contribution in [0, 0.1) is 0 Å². The third kappa shape index (κ3) is 7.42. The van der Waals surface area contributed by atoms with Crippen molar-refractivity contribution < 1.29 is 9.59 Å². The average Bonchev–Trinajstić information content (AvgIpc) is 3.39. The molecule has 3 aromatic rings. The van der Waals surface area contributed by atoms with Crippen molar-refractivity contribution in [3.05, 3.63) is 104 Å². The van der Waals surface area contributed by atoms with Gasteiger partial charge in [-0.25, -0.2) is 0 Å². The van der Waals surface area contributed by atoms with Crippen LogP contribution >= 0.6 is 46.4 Å². The summed E-state index contributed by atoms with van der Waals surface area (Å²) in [5, 5.41) is 4.82. The second-order valence-electron chi connectivity index (χ2n) is 9.34. The first-order valence-electron chi connectivity index (χ1n) is 12.3. The van der Waals surface area contributed by atoms with Crippen LogP contribution in [0.3, 0.4) is 0 Å². The Morgan fingerprint density at radius 2 is 1.49 bits per heavy atom. The lowest BCUT2D eigenvalue weighted by Gasteiger charge is -2.32. The molecule has 1 unspecified atom stereocenters. The number of carbonyl (C=O) groups is 2. The number of benzene rings is 3. The summed E-state index contributed by atoms with van der Waals surface area (Å²) in [7, 11) is 0. The summed E-state index contributed by atoms with van der Waals surface area (Å²) in [5.74, 6) is -0.432. The highest BCUT2D eigenvalue weighted by molar-refractivity contribution is 6.42. The van der Waals surface area contributed by atoms with Crippen LogP contribution in [-0.4, -0.2) is 28.8 Å². The van der Waals surface area contributed by atoms with Gasteiger partial charge >= 0.3 is 0 Å². The molecule has 4 rings (SSSR count). The monoisotopic (exact) mass is 576 g/mol. The Kier molecular flexibility index (Phi) is 9.77. The number of nitrogens with one attached hydrogen (secondary N) is 1. The first kappa shape index (κ1) is 27.8. The third-order valence-corrected chi connectivity index (χ3v) is 8.15. The molecule has 8 heteroatoms. The summed E-state index contributed by atoms with van der Waals surface area (Å²) in [5.41, 5.74) is 2.25. The molecule has 1 fully saturated rings. The lowest BCUT2D eigenvalue weighted by Crippen LogP contribution is -2.52. The fraction of sp³-hybridized carbons (Fsp3) is 0.310. The molecule has 4 nitrogen and oxygen atoms in total. The van der Waals surface area contributed by atoms with Gasteiger partial charge in [0.25, 0.3) is 0 Å². The van der Waals surface area contributed by atoms with Crippen molar-refractivity contribution in [1.82, 2.24) is 10.2 Å². The molecule has 1 saturated carbocycles. The van der Waals surface area contributed by atoms with Crippen molar-refractivity contribution in [2.75, 3.05) is 0 Å². The lowest BCUT2D eigenvalue weighted by molar-refractivity contribution is -0.141. The second-order valence-corrected chi connectivity index (χ2v) is 11.0. The number of nitrogens with zero attached hydrogens (tertiary/aromatic N) is 1. The smallest absolute Gasteiger partial charge is 0.243 e. The normalized spacial score (nSPS) is 14.4. The largest absolute Gasteiger partial charge is 0.352 e. The number of amides is 2. The van der Waals surface area contributed by atoms with Crippen LogP contribution in [0.15, 0.2) is 66.7 Å². The average molecular weight is 578 g/mol. The van der Waals surface area contributed by atoms with E-state index in [1.165, 1.54) is 0 Å². The number of hydrogen-bond donors (Lipinski definition) is 1. The van der Waals surface area contributed by atoms with Gasteiger partial charge in [0.2, 0.25) is 11.8 Å². The van der Waals surface area contributed by atoms with Gasteiger partial charge in [0, 0.05) is 29.1 Å². The summed E-state index contributed by atoms with van der Waals surface area (Å²) >= 11 is 25.2. The molecule has 0 spiro atoms. The molecule has 1 aliphatic rings. The Labute approximate surface area is 237 Å². The van der Waals surface area contributed by atoms with Gasteiger partial charge in [-0.1, -0.05) is 102 Å². The first-order valence-corrected chi connectivity index (χ1v) is 13.8. The molecule has 1 N–H and O–H groups in total. The lowest BCUT2D eigenvalue weighted by atomic mass is 10.0. The van der Waals surface area contributed by atoms with Crippen molar-refractivity contribution in [2.45, 2.75) is 57.2 Å². The van der Waals surface area contributed by atoms with Gasteiger partial charge in [0.1, 0.15) is 6.04 Å². The summed E-state index contributed by atoms with van der Waals surface area (Å²) in [4.78, 5) is 29.3. The van der Waals surface area contributed by atoms with E-state index in [1.807, 2.05) is 36.4 Å². The van der Waals surface area contributed by atoms with E-state index >= 15 is 0 Å². The van der Waals surface area contributed by atoms with E-state index in [-0.39, 0.29) is 30.8 Å². The Morgan fingerprint density at radius 3 is 2.14 bits per heavy atom. The van der Waals surface area contributed by atoms with E-state index < -0.39 is 6.04 Å². The fourth-order valence-electron chi connectivity index (χ4n) is 4.71. The molecule has 2 amide bonds. The fourth-order valence-corrected chi connectivity index (χ4v) is 5.56. The topological polar surface area (TPSA) is 49.4 Å². The molecule has 37 heavy (non-hydrogen) atoms. The highest BCUT2D eigenvalue weighted by atomic mass is 35.5. The number of halogens is 4. The minimum atomic E-state index is -0.744. The van der Waals surface area contributed by atoms with Gasteiger partial charge in [-0.15, -0.1) is 0 Å². The van der Waals surface area contributed by atoms with Gasteiger partial charge in [0.05, 0.1) is 16.5 Å². The van der Waals surface area contributed by atoms with Crippen molar-refractivity contribution in [2.24, 2.45) is 0 Å². The molecule has 1 atom stereocenters. The van der Waals surface area contributed by atoms with E-state index in [2.05, 4.69) is 5.32 Å². The molecule has 0 aliphatic heterocycles. The van der Waals surface area contributed by atoms with Gasteiger partial charge in [-0.2, -0.15) is 0 Å². The molecular formula is C29H28Cl4N2O2. The minimum absolute atomic E-state index is 0.0399. The van der Waals surface area contributed by atoms with Crippen LogP contribution < -0.4 is 5.32 Å². The SMILES string of the molecule is O=C(NC1CCCC1)C(Cc1ccccc1)N(Cc1ccc(Cl)c(Cl)c1)C(=O)Cc1c(Cl)cccc1Cl. The highest BCUT2D eigenvalue weighted by Gasteiger charge is 2.32. The van der Waals surface area contributed by atoms with Crippen LogP contribution in [0.1, 0.15) is 42.4 Å². The predicted molar refractivity (Wildman–Crippen MR) is 152 cm³/mol. The van der Waals surface area contributed by atoms with Crippen molar-refractivity contribution in [3.8, 4) is 0 Å². The minimum Gasteiger partial charge on any atom is -0.352 e. The molecule has 0 radical (unpaired) electrons. The van der Waals surface area contributed by atoms with Crippen molar-refractivity contribution in [1.29, 1.82) is 0 Å². The van der Waals surface area contributed by atoms with Crippen LogP contribution in [0.4, 0.5) is 0 Å². The molecule has 1 aliphatic carbocycles. The Hall–Kier alpha value is -2.24. The maximum atomic E-state index is 13.9. The second kappa shape index (κ2) is 13.0. The maximum absolute atomic E-state index is 13.9. The quantitative estimate of drug-likeness (QED) is 0.285. The zero-order valence-electron chi connectivity index (χ0n) is 20.2. The van der Waals surface area contributed by atoms with Gasteiger partial charge in [-0.05, 0) is 53.8 Å². The molecular weight excluding hydrogens is 550 g/mol. The predicted octanol–water partition coefficient (Wildman–Crippen LogP) is 7.54. The first-order chi connectivity index (χ1) is 17.8. The van der Waals surface area contributed by atoms with Gasteiger partial charge in [-0.3, -0.25) is 9.59 Å². The van der Waals surface area contributed by atoms with Crippen molar-refractivity contribution >= 4 is 58.2 Å². The maximum Gasteiger partial charge on any atom is 0.243 e. The third-order valence-electron chi connectivity index (χ3n) is 6.70. The Balaban J connectivity index is 1.70. The molecule has 0 saturated heterocycles. The number of hydrogen-bond acceptors (Lipinski definition) is 2. The number of carbonyl (C=O) groups excluding carboxylic acids is 2. The molecule has 0 heterocycles. The number of rotatable bonds is 9. The van der Waals surface area contributed by atoms with Crippen LogP contribution in [0.25, 0.3) is 0 Å². The Morgan fingerprint density at radius 1 is 0.811 bits per heavy atom. The van der Waals surface area contributed by atoms with Gasteiger partial charge < -0.3 is 10.2 Å². The summed E-state index contributed by atoms with van der Waals surface area (Å²) in [6.45, 7) is 0.174. The highest BCUT2D eigenvalue weighted by Crippen LogP contribution is 2.28. The van der Waals surface area contributed by atoms with Crippen molar-refractivity contribution in [3.63, 3.8) is 0 Å². The molecule has 194 valence electrons. The molecule has 0 aromatic heterocycles. The Bertz CT molecular complexity index is 1230. The van der Waals surface area contributed by atoms with E-state index in [4.69, 9.17) is 46.4 Å². The van der Waals surface area contributed by atoms with E-state index in [1.54, 1.807) is 35.2 Å². The molecule has 3 aromatic carbocycles. The molecule has 0 bridgehead atoms.